The molecule has 0 bridgehead atoms. The van der Waals surface area contributed by atoms with E-state index in [1.807, 2.05) is 52.3 Å². The van der Waals surface area contributed by atoms with E-state index in [-0.39, 0.29) is 5.91 Å². The highest BCUT2D eigenvalue weighted by Gasteiger charge is 2.27. The number of amides is 1. The molecular formula is C23H24N6O. The smallest absolute Gasteiger partial charge is 0.254 e. The molecule has 4 aromatic rings. The van der Waals surface area contributed by atoms with E-state index in [9.17, 15) is 4.79 Å². The summed E-state index contributed by atoms with van der Waals surface area (Å²) in [6.07, 6.45) is 10.3. The molecule has 1 saturated heterocycles. The van der Waals surface area contributed by atoms with Crippen LogP contribution in [-0.2, 0) is 12.8 Å². The molecule has 1 aromatic carbocycles. The normalized spacial score (nSPS) is 16.9. The minimum Gasteiger partial charge on any atom is -0.361 e. The minimum absolute atomic E-state index is 0.0963. The van der Waals surface area contributed by atoms with Gasteiger partial charge in [-0.3, -0.25) is 4.79 Å². The molecule has 1 N–H and O–H groups in total. The Bertz CT molecular complexity index is 1250. The van der Waals surface area contributed by atoms with Gasteiger partial charge in [0.2, 0.25) is 0 Å². The van der Waals surface area contributed by atoms with Gasteiger partial charge in [-0.25, -0.2) is 9.50 Å². The quantitative estimate of drug-likeness (QED) is 0.562. The molecule has 1 aliphatic heterocycles. The third-order valence-corrected chi connectivity index (χ3v) is 6.47. The monoisotopic (exact) mass is 400 g/mol. The molecule has 7 nitrogen and oxygen atoms in total. The lowest BCUT2D eigenvalue weighted by atomic mass is 9.97. The lowest BCUT2D eigenvalue weighted by Crippen LogP contribution is -2.49. The van der Waals surface area contributed by atoms with Crippen LogP contribution >= 0.6 is 0 Å². The first-order chi connectivity index (χ1) is 14.8. The number of hydrogen-bond acceptors (Lipinski definition) is 4. The van der Waals surface area contributed by atoms with E-state index in [1.165, 1.54) is 24.1 Å². The Labute approximate surface area is 174 Å². The number of piperazine rings is 1. The van der Waals surface area contributed by atoms with Crippen molar-refractivity contribution in [1.29, 1.82) is 0 Å². The van der Waals surface area contributed by atoms with Crippen molar-refractivity contribution in [2.24, 2.45) is 0 Å². The van der Waals surface area contributed by atoms with E-state index >= 15 is 0 Å². The highest BCUT2D eigenvalue weighted by molar-refractivity contribution is 5.98. The van der Waals surface area contributed by atoms with E-state index in [2.05, 4.69) is 9.88 Å². The molecule has 0 unspecified atom stereocenters. The number of fused-ring (bicyclic) bond motifs is 4. The van der Waals surface area contributed by atoms with Gasteiger partial charge in [0.1, 0.15) is 5.52 Å². The number of rotatable bonds is 2. The van der Waals surface area contributed by atoms with Crippen molar-refractivity contribution in [1.82, 2.24) is 24.5 Å². The summed E-state index contributed by atoms with van der Waals surface area (Å²) in [6.45, 7) is 2.95. The fraction of sp³-hybridized carbons (Fsp3) is 0.348. The largest absolute Gasteiger partial charge is 0.361 e. The molecule has 152 valence electrons. The number of aryl methyl sites for hydroxylation is 2. The van der Waals surface area contributed by atoms with Crippen molar-refractivity contribution in [3.63, 3.8) is 0 Å². The Morgan fingerprint density at radius 1 is 1.03 bits per heavy atom. The van der Waals surface area contributed by atoms with Gasteiger partial charge >= 0.3 is 0 Å². The van der Waals surface area contributed by atoms with Gasteiger partial charge in [0, 0.05) is 61.4 Å². The summed E-state index contributed by atoms with van der Waals surface area (Å²) in [4.78, 5) is 25.2. The number of aromatic nitrogens is 4. The Hall–Kier alpha value is -3.35. The summed E-state index contributed by atoms with van der Waals surface area (Å²) in [5, 5.41) is 5.92. The molecule has 0 spiro atoms. The van der Waals surface area contributed by atoms with Crippen molar-refractivity contribution < 1.29 is 4.79 Å². The van der Waals surface area contributed by atoms with E-state index in [1.54, 1.807) is 0 Å². The molecule has 1 amide bonds. The maximum Gasteiger partial charge on any atom is 0.254 e. The first kappa shape index (κ1) is 17.5. The molecule has 1 fully saturated rings. The van der Waals surface area contributed by atoms with Gasteiger partial charge in [-0.2, -0.15) is 5.10 Å². The fourth-order valence-electron chi connectivity index (χ4n) is 4.86. The summed E-state index contributed by atoms with van der Waals surface area (Å²) >= 11 is 0. The Balaban J connectivity index is 1.23. The van der Waals surface area contributed by atoms with Gasteiger partial charge in [-0.1, -0.05) is 6.07 Å². The fourth-order valence-corrected chi connectivity index (χ4v) is 4.86. The third-order valence-electron chi connectivity index (χ3n) is 6.47. The average Bonchev–Trinajstić information content (AvgIpc) is 3.42. The topological polar surface area (TPSA) is 69.5 Å². The van der Waals surface area contributed by atoms with Crippen LogP contribution in [0.2, 0.25) is 0 Å². The molecule has 0 radical (unpaired) electrons. The Morgan fingerprint density at radius 2 is 1.90 bits per heavy atom. The zero-order chi connectivity index (χ0) is 20.1. The number of nitrogens with one attached hydrogen (secondary N) is 1. The SMILES string of the molecule is O=C(c1ccc2cc[nH]c2c1)N1CCN(c2nccn3nc4c(c23)CCCC4)CC1. The van der Waals surface area contributed by atoms with Gasteiger partial charge in [0.05, 0.1) is 5.69 Å². The molecule has 1 aliphatic carbocycles. The van der Waals surface area contributed by atoms with Crippen LogP contribution in [0.3, 0.4) is 0 Å². The summed E-state index contributed by atoms with van der Waals surface area (Å²) in [5.41, 5.74) is 5.49. The van der Waals surface area contributed by atoms with E-state index in [4.69, 9.17) is 10.1 Å². The minimum atomic E-state index is 0.0963. The maximum absolute atomic E-state index is 13.0. The van der Waals surface area contributed by atoms with E-state index < -0.39 is 0 Å². The lowest BCUT2D eigenvalue weighted by Gasteiger charge is -2.35. The van der Waals surface area contributed by atoms with E-state index in [0.717, 1.165) is 53.7 Å². The van der Waals surface area contributed by atoms with E-state index in [0.29, 0.717) is 13.1 Å². The number of benzene rings is 1. The van der Waals surface area contributed by atoms with Crippen LogP contribution in [0.4, 0.5) is 5.82 Å². The second kappa shape index (κ2) is 6.86. The molecule has 0 saturated carbocycles. The number of carbonyl (C=O) groups excluding carboxylic acids is 1. The molecule has 7 heteroatoms. The van der Waals surface area contributed by atoms with Crippen molar-refractivity contribution in [3.05, 3.63) is 59.7 Å². The van der Waals surface area contributed by atoms with Crippen LogP contribution in [0.25, 0.3) is 16.4 Å². The van der Waals surface area contributed by atoms with Crippen LogP contribution in [0.1, 0.15) is 34.5 Å². The Morgan fingerprint density at radius 3 is 2.80 bits per heavy atom. The zero-order valence-corrected chi connectivity index (χ0v) is 16.8. The molecular weight excluding hydrogens is 376 g/mol. The third kappa shape index (κ3) is 2.76. The van der Waals surface area contributed by atoms with Crippen molar-refractivity contribution in [2.75, 3.05) is 31.1 Å². The van der Waals surface area contributed by atoms with Crippen molar-refractivity contribution >= 4 is 28.1 Å². The molecule has 30 heavy (non-hydrogen) atoms. The van der Waals surface area contributed by atoms with Crippen LogP contribution in [0, 0.1) is 0 Å². The molecule has 6 rings (SSSR count). The van der Waals surface area contributed by atoms with Gasteiger partial charge in [-0.15, -0.1) is 0 Å². The number of hydrogen-bond donors (Lipinski definition) is 1. The van der Waals surface area contributed by atoms with Crippen molar-refractivity contribution in [2.45, 2.75) is 25.7 Å². The Kier molecular flexibility index (Phi) is 4.00. The second-order valence-electron chi connectivity index (χ2n) is 8.24. The first-order valence-electron chi connectivity index (χ1n) is 10.7. The summed E-state index contributed by atoms with van der Waals surface area (Å²) in [6, 6.07) is 7.89. The lowest BCUT2D eigenvalue weighted by molar-refractivity contribution is 0.0746. The highest BCUT2D eigenvalue weighted by atomic mass is 16.2. The second-order valence-corrected chi connectivity index (χ2v) is 8.24. The first-order valence-corrected chi connectivity index (χ1v) is 10.7. The van der Waals surface area contributed by atoms with Crippen LogP contribution in [0.5, 0.6) is 0 Å². The number of H-pyrrole nitrogens is 1. The molecule has 3 aromatic heterocycles. The van der Waals surface area contributed by atoms with Gasteiger partial charge < -0.3 is 14.8 Å². The van der Waals surface area contributed by atoms with Crippen molar-refractivity contribution in [3.8, 4) is 0 Å². The van der Waals surface area contributed by atoms with Gasteiger partial charge in [0.25, 0.3) is 5.91 Å². The number of aromatic amines is 1. The van der Waals surface area contributed by atoms with Crippen LogP contribution < -0.4 is 4.90 Å². The summed E-state index contributed by atoms with van der Waals surface area (Å²) < 4.78 is 2.00. The zero-order valence-electron chi connectivity index (χ0n) is 16.8. The highest BCUT2D eigenvalue weighted by Crippen LogP contribution is 2.30. The van der Waals surface area contributed by atoms with Gasteiger partial charge in [0.15, 0.2) is 5.82 Å². The van der Waals surface area contributed by atoms with Crippen LogP contribution in [-0.4, -0.2) is 56.6 Å². The summed E-state index contributed by atoms with van der Waals surface area (Å²) in [5.74, 6) is 1.10. The number of carbonyl (C=O) groups is 1. The standard InChI is InChI=1S/C23H24N6O/c30-23(17-6-5-16-7-8-24-20(16)15-17)28-13-11-27(12-14-28)22-21-18-3-1-2-4-19(18)26-29(21)10-9-25-22/h5-10,15,24H,1-4,11-14H2. The average molecular weight is 400 g/mol. The predicted octanol–water partition coefficient (Wildman–Crippen LogP) is 3.05. The number of nitrogens with zero attached hydrogens (tertiary/aromatic N) is 5. The predicted molar refractivity (Wildman–Crippen MR) is 116 cm³/mol. The summed E-state index contributed by atoms with van der Waals surface area (Å²) in [7, 11) is 0. The van der Waals surface area contributed by atoms with Crippen LogP contribution in [0.15, 0.2) is 42.9 Å². The molecule has 0 atom stereocenters. The molecule has 2 aliphatic rings. The van der Waals surface area contributed by atoms with Gasteiger partial charge in [-0.05, 0) is 49.3 Å². The molecule has 4 heterocycles. The maximum atomic E-state index is 13.0. The number of anilines is 1.